The van der Waals surface area contributed by atoms with Crippen LogP contribution in [0.15, 0.2) is 71.6 Å². The molecule has 3 aromatic rings. The fraction of sp³-hybridized carbons (Fsp3) is 0.259. The zero-order chi connectivity index (χ0) is 25.7. The molecule has 0 saturated carbocycles. The summed E-state index contributed by atoms with van der Waals surface area (Å²) in [5.74, 6) is 0.727. The maximum Gasteiger partial charge on any atom is 0.416 e. The summed E-state index contributed by atoms with van der Waals surface area (Å²) in [6, 6.07) is 17.7. The molecule has 1 aliphatic heterocycles. The number of anilines is 1. The van der Waals surface area contributed by atoms with E-state index in [1.807, 2.05) is 24.3 Å². The van der Waals surface area contributed by atoms with E-state index in [0.717, 1.165) is 40.3 Å². The van der Waals surface area contributed by atoms with Crippen molar-refractivity contribution < 1.29 is 32.2 Å². The number of carbonyl (C=O) groups excluding carboxylic acids is 2. The van der Waals surface area contributed by atoms with Crippen LogP contribution in [-0.4, -0.2) is 30.8 Å². The molecule has 5 nitrogen and oxygen atoms in total. The maximum absolute atomic E-state index is 12.9. The summed E-state index contributed by atoms with van der Waals surface area (Å²) in [5.41, 5.74) is 2.25. The summed E-state index contributed by atoms with van der Waals surface area (Å²) in [6.45, 7) is 2.23. The minimum Gasteiger partial charge on any atom is -0.482 e. The Morgan fingerprint density at radius 3 is 2.42 bits per heavy atom. The second kappa shape index (κ2) is 11.1. The number of hydrogen-bond donors (Lipinski definition) is 0. The predicted molar refractivity (Wildman–Crippen MR) is 131 cm³/mol. The Labute approximate surface area is 211 Å². The quantitative estimate of drug-likeness (QED) is 0.253. The summed E-state index contributed by atoms with van der Waals surface area (Å²) in [6.07, 6.45) is -3.64. The molecule has 0 atom stereocenters. The van der Waals surface area contributed by atoms with Gasteiger partial charge in [0.1, 0.15) is 5.75 Å². The average Bonchev–Trinajstić information content (AvgIpc) is 3.20. The molecule has 9 heteroatoms. The van der Waals surface area contributed by atoms with Gasteiger partial charge in [0.15, 0.2) is 6.61 Å². The average molecular weight is 516 g/mol. The molecule has 0 radical (unpaired) electrons. The summed E-state index contributed by atoms with van der Waals surface area (Å²) >= 11 is 1.63. The Hall–Kier alpha value is -3.46. The Morgan fingerprint density at radius 1 is 1.03 bits per heavy atom. The zero-order valence-corrected chi connectivity index (χ0v) is 20.3. The van der Waals surface area contributed by atoms with Crippen LogP contribution in [-0.2, 0) is 28.7 Å². The van der Waals surface area contributed by atoms with Crippen LogP contribution < -0.4 is 9.64 Å². The number of halogens is 3. The van der Waals surface area contributed by atoms with E-state index in [0.29, 0.717) is 30.2 Å². The summed E-state index contributed by atoms with van der Waals surface area (Å²) in [7, 11) is 0. The lowest BCUT2D eigenvalue weighted by atomic mass is 10.1. The Bertz CT molecular complexity index is 1230. The molecule has 4 rings (SSSR count). The highest BCUT2D eigenvalue weighted by Crippen LogP contribution is 2.36. The van der Waals surface area contributed by atoms with Crippen LogP contribution in [0.4, 0.5) is 18.9 Å². The van der Waals surface area contributed by atoms with E-state index >= 15 is 0 Å². The second-order valence-electron chi connectivity index (χ2n) is 8.05. The Balaban J connectivity index is 1.35. The number of carbonyl (C=O) groups is 2. The number of fused-ring (bicyclic) bond motifs is 1. The highest BCUT2D eigenvalue weighted by atomic mass is 32.2. The van der Waals surface area contributed by atoms with Gasteiger partial charge in [0, 0.05) is 21.9 Å². The number of ether oxygens (including phenoxy) is 2. The number of aryl methyl sites for hydroxylation is 1. The monoisotopic (exact) mass is 515 g/mol. The van der Waals surface area contributed by atoms with E-state index in [9.17, 15) is 22.8 Å². The van der Waals surface area contributed by atoms with Gasteiger partial charge >= 0.3 is 12.1 Å². The van der Waals surface area contributed by atoms with Crippen LogP contribution in [0.1, 0.15) is 34.0 Å². The molecule has 0 aliphatic carbocycles. The number of esters is 1. The van der Waals surface area contributed by atoms with Crippen LogP contribution in [0.25, 0.3) is 0 Å². The van der Waals surface area contributed by atoms with Crippen LogP contribution in [0.2, 0.25) is 0 Å². The van der Waals surface area contributed by atoms with Gasteiger partial charge in [-0.1, -0.05) is 18.2 Å². The lowest BCUT2D eigenvalue weighted by molar-refractivity contribution is -0.145. The fourth-order valence-electron chi connectivity index (χ4n) is 3.85. The third-order valence-electron chi connectivity index (χ3n) is 5.66. The van der Waals surface area contributed by atoms with Gasteiger partial charge in [-0.05, 0) is 73.0 Å². The van der Waals surface area contributed by atoms with Crippen molar-refractivity contribution in [2.75, 3.05) is 23.9 Å². The number of benzene rings is 3. The van der Waals surface area contributed by atoms with Crippen molar-refractivity contribution in [3.05, 3.63) is 89.0 Å². The molecule has 0 bridgehead atoms. The molecule has 1 amide bonds. The number of nitrogens with zero attached hydrogens (tertiary/aromatic N) is 1. The normalized spacial score (nSPS) is 13.0. The largest absolute Gasteiger partial charge is 0.482 e. The van der Waals surface area contributed by atoms with Crippen LogP contribution in [0.3, 0.4) is 0 Å². The number of rotatable bonds is 9. The van der Waals surface area contributed by atoms with E-state index < -0.39 is 17.7 Å². The molecular formula is C27H24F3NO4S. The Kier molecular flexibility index (Phi) is 7.88. The second-order valence-corrected chi connectivity index (χ2v) is 9.19. The molecule has 0 N–H and O–H groups in total. The van der Waals surface area contributed by atoms with Crippen molar-refractivity contribution in [1.82, 2.24) is 0 Å². The van der Waals surface area contributed by atoms with Crippen LogP contribution in [0.5, 0.6) is 5.75 Å². The number of alkyl halides is 3. The first-order valence-electron chi connectivity index (χ1n) is 11.4. The van der Waals surface area contributed by atoms with Gasteiger partial charge in [0.2, 0.25) is 0 Å². The molecule has 36 heavy (non-hydrogen) atoms. The van der Waals surface area contributed by atoms with Gasteiger partial charge in [-0.2, -0.15) is 13.2 Å². The van der Waals surface area contributed by atoms with Gasteiger partial charge in [-0.3, -0.25) is 4.79 Å². The molecule has 0 saturated heterocycles. The van der Waals surface area contributed by atoms with Crippen molar-refractivity contribution in [1.29, 1.82) is 0 Å². The van der Waals surface area contributed by atoms with Crippen LogP contribution >= 0.6 is 11.8 Å². The first-order chi connectivity index (χ1) is 17.3. The predicted octanol–water partition coefficient (Wildman–Crippen LogP) is 6.14. The lowest BCUT2D eigenvalue weighted by Crippen LogP contribution is -2.23. The molecule has 0 unspecified atom stereocenters. The molecule has 3 aromatic carbocycles. The molecule has 1 heterocycles. The minimum atomic E-state index is -4.42. The third-order valence-corrected chi connectivity index (χ3v) is 6.77. The van der Waals surface area contributed by atoms with Crippen molar-refractivity contribution >= 4 is 29.3 Å². The first-order valence-corrected chi connectivity index (χ1v) is 12.4. The number of hydrogen-bond acceptors (Lipinski definition) is 5. The third kappa shape index (κ3) is 6.02. The van der Waals surface area contributed by atoms with E-state index in [1.54, 1.807) is 36.9 Å². The first kappa shape index (κ1) is 25.6. The highest BCUT2D eigenvalue weighted by Gasteiger charge is 2.33. The van der Waals surface area contributed by atoms with E-state index in [2.05, 4.69) is 0 Å². The highest BCUT2D eigenvalue weighted by molar-refractivity contribution is 7.99. The van der Waals surface area contributed by atoms with Crippen molar-refractivity contribution in [3.8, 4) is 5.75 Å². The summed E-state index contributed by atoms with van der Waals surface area (Å²) in [4.78, 5) is 26.8. The minimum absolute atomic E-state index is 0.135. The van der Waals surface area contributed by atoms with Crippen LogP contribution in [0, 0.1) is 0 Å². The van der Waals surface area contributed by atoms with E-state index in [-0.39, 0.29) is 12.5 Å². The van der Waals surface area contributed by atoms with Gasteiger partial charge in [-0.15, -0.1) is 11.8 Å². The molecule has 0 aromatic heterocycles. The number of thioether (sulfide) groups is 1. The molecule has 0 fully saturated rings. The summed E-state index contributed by atoms with van der Waals surface area (Å²) < 4.78 is 48.9. The van der Waals surface area contributed by atoms with Gasteiger partial charge in [-0.25, -0.2) is 4.79 Å². The molecule has 0 spiro atoms. The fourth-order valence-corrected chi connectivity index (χ4v) is 4.94. The molecule has 1 aliphatic rings. The topological polar surface area (TPSA) is 55.8 Å². The molecule has 188 valence electrons. The van der Waals surface area contributed by atoms with Gasteiger partial charge in [0.25, 0.3) is 5.91 Å². The number of amides is 1. The summed E-state index contributed by atoms with van der Waals surface area (Å²) in [5, 5.41) is 0. The zero-order valence-electron chi connectivity index (χ0n) is 19.5. The standard InChI is InChI=1S/C27H24F3NO4S/c1-2-34-25(32)17-35-21-12-6-18(7-13-21)14-15-36-24-5-3-4-22-23(24)16-31(26(22)33)20-10-8-19(9-11-20)27(28,29)30/h3-13H,2,14-17H2,1H3. The lowest BCUT2D eigenvalue weighted by Gasteiger charge is -2.17. The van der Waals surface area contributed by atoms with Gasteiger partial charge in [0.05, 0.1) is 18.7 Å². The van der Waals surface area contributed by atoms with Gasteiger partial charge < -0.3 is 14.4 Å². The SMILES string of the molecule is CCOC(=O)COc1ccc(CCSc2cccc3c2CN(c2ccc(C(F)(F)F)cc2)C3=O)cc1. The van der Waals surface area contributed by atoms with E-state index in [4.69, 9.17) is 9.47 Å². The maximum atomic E-state index is 12.9. The van der Waals surface area contributed by atoms with Crippen molar-refractivity contribution in [2.24, 2.45) is 0 Å². The van der Waals surface area contributed by atoms with E-state index in [1.165, 1.54) is 17.0 Å². The van der Waals surface area contributed by atoms with Crippen molar-refractivity contribution in [2.45, 2.75) is 31.0 Å². The molecular weight excluding hydrogens is 491 g/mol. The van der Waals surface area contributed by atoms with Crippen molar-refractivity contribution in [3.63, 3.8) is 0 Å². The Morgan fingerprint density at radius 2 is 1.75 bits per heavy atom. The smallest absolute Gasteiger partial charge is 0.416 e.